The third-order valence-electron chi connectivity index (χ3n) is 3.30. The Morgan fingerprint density at radius 1 is 1.59 bits per heavy atom. The molecule has 1 aliphatic rings. The first-order valence-electron chi connectivity index (χ1n) is 5.94. The molecule has 0 fully saturated rings. The summed E-state index contributed by atoms with van der Waals surface area (Å²) in [5, 5.41) is 8.96. The molecule has 1 unspecified atom stereocenters. The number of anilines is 2. The van der Waals surface area contributed by atoms with Gasteiger partial charge in [0.25, 0.3) is 0 Å². The molecule has 0 spiro atoms. The Bertz CT molecular complexity index is 431. The SMILES string of the molecule is CC(CN1CCCc2c(N)cccc21)C(=O)O. The van der Waals surface area contributed by atoms with Gasteiger partial charge in [-0.15, -0.1) is 0 Å². The van der Waals surface area contributed by atoms with E-state index in [1.165, 1.54) is 0 Å². The van der Waals surface area contributed by atoms with Crippen molar-refractivity contribution in [2.24, 2.45) is 5.92 Å². The van der Waals surface area contributed by atoms with Crippen molar-refractivity contribution in [2.45, 2.75) is 19.8 Å². The third-order valence-corrected chi connectivity index (χ3v) is 3.30. The van der Waals surface area contributed by atoms with Crippen LogP contribution in [0, 0.1) is 5.92 Å². The van der Waals surface area contributed by atoms with E-state index in [-0.39, 0.29) is 5.92 Å². The average molecular weight is 234 g/mol. The number of benzene rings is 1. The summed E-state index contributed by atoms with van der Waals surface area (Å²) in [6, 6.07) is 5.86. The van der Waals surface area contributed by atoms with Crippen molar-refractivity contribution in [2.75, 3.05) is 23.7 Å². The Morgan fingerprint density at radius 2 is 2.35 bits per heavy atom. The molecule has 17 heavy (non-hydrogen) atoms. The second kappa shape index (κ2) is 4.65. The van der Waals surface area contributed by atoms with Crippen LogP contribution in [-0.4, -0.2) is 24.2 Å². The van der Waals surface area contributed by atoms with Gasteiger partial charge in [-0.2, -0.15) is 0 Å². The van der Waals surface area contributed by atoms with Crippen molar-refractivity contribution in [1.29, 1.82) is 0 Å². The summed E-state index contributed by atoms with van der Waals surface area (Å²) >= 11 is 0. The van der Waals surface area contributed by atoms with E-state index in [1.54, 1.807) is 6.92 Å². The predicted octanol–water partition coefficient (Wildman–Crippen LogP) is 1.74. The zero-order chi connectivity index (χ0) is 12.4. The highest BCUT2D eigenvalue weighted by Crippen LogP contribution is 2.31. The number of hydrogen-bond donors (Lipinski definition) is 2. The maximum Gasteiger partial charge on any atom is 0.308 e. The molecule has 2 rings (SSSR count). The van der Waals surface area contributed by atoms with Gasteiger partial charge in [0.2, 0.25) is 0 Å². The lowest BCUT2D eigenvalue weighted by molar-refractivity contribution is -0.140. The molecule has 1 aromatic carbocycles. The molecule has 0 bridgehead atoms. The van der Waals surface area contributed by atoms with Gasteiger partial charge in [-0.05, 0) is 30.5 Å². The van der Waals surface area contributed by atoms with Crippen LogP contribution in [-0.2, 0) is 11.2 Å². The summed E-state index contributed by atoms with van der Waals surface area (Å²) in [5.41, 5.74) is 9.03. The first-order chi connectivity index (χ1) is 8.09. The summed E-state index contributed by atoms with van der Waals surface area (Å²) in [7, 11) is 0. The van der Waals surface area contributed by atoms with E-state index in [2.05, 4.69) is 4.90 Å². The van der Waals surface area contributed by atoms with Gasteiger partial charge in [-0.3, -0.25) is 4.79 Å². The van der Waals surface area contributed by atoms with E-state index in [4.69, 9.17) is 10.8 Å². The molecule has 0 amide bonds. The van der Waals surface area contributed by atoms with Crippen LogP contribution < -0.4 is 10.6 Å². The van der Waals surface area contributed by atoms with Gasteiger partial charge in [-0.25, -0.2) is 0 Å². The standard InChI is InChI=1S/C13H18N2O2/c1-9(13(16)17)8-15-7-3-4-10-11(14)5-2-6-12(10)15/h2,5-6,9H,3-4,7-8,14H2,1H3,(H,16,17). The molecular formula is C13H18N2O2. The van der Waals surface area contributed by atoms with Crippen LogP contribution in [0.25, 0.3) is 0 Å². The smallest absolute Gasteiger partial charge is 0.308 e. The van der Waals surface area contributed by atoms with Crippen LogP contribution >= 0.6 is 0 Å². The highest BCUT2D eigenvalue weighted by molar-refractivity contribution is 5.72. The minimum Gasteiger partial charge on any atom is -0.481 e. The molecule has 0 saturated carbocycles. The number of nitrogen functional groups attached to an aromatic ring is 1. The zero-order valence-electron chi connectivity index (χ0n) is 10.0. The lowest BCUT2D eigenvalue weighted by Gasteiger charge is -2.33. The second-order valence-corrected chi connectivity index (χ2v) is 4.63. The maximum absolute atomic E-state index is 10.9. The predicted molar refractivity (Wildman–Crippen MR) is 68.2 cm³/mol. The Morgan fingerprint density at radius 3 is 3.06 bits per heavy atom. The van der Waals surface area contributed by atoms with Crippen LogP contribution in [0.3, 0.4) is 0 Å². The van der Waals surface area contributed by atoms with Crippen LogP contribution in [0.15, 0.2) is 18.2 Å². The Labute approximate surface area is 101 Å². The molecule has 92 valence electrons. The van der Waals surface area contributed by atoms with Crippen molar-refractivity contribution in [1.82, 2.24) is 0 Å². The number of nitrogens with zero attached hydrogens (tertiary/aromatic N) is 1. The monoisotopic (exact) mass is 234 g/mol. The topological polar surface area (TPSA) is 66.6 Å². The minimum absolute atomic E-state index is 0.359. The quantitative estimate of drug-likeness (QED) is 0.782. The van der Waals surface area contributed by atoms with E-state index >= 15 is 0 Å². The summed E-state index contributed by atoms with van der Waals surface area (Å²) in [5.74, 6) is -1.11. The number of nitrogens with two attached hydrogens (primary N) is 1. The molecule has 0 aliphatic carbocycles. The fourth-order valence-corrected chi connectivity index (χ4v) is 2.33. The first kappa shape index (κ1) is 11.8. The van der Waals surface area contributed by atoms with E-state index in [9.17, 15) is 4.79 Å². The van der Waals surface area contributed by atoms with Gasteiger partial charge in [0.1, 0.15) is 0 Å². The number of rotatable bonds is 3. The lowest BCUT2D eigenvalue weighted by atomic mass is 9.98. The molecule has 3 N–H and O–H groups in total. The fraction of sp³-hybridized carbons (Fsp3) is 0.462. The molecule has 4 nitrogen and oxygen atoms in total. The molecule has 4 heteroatoms. The fourth-order valence-electron chi connectivity index (χ4n) is 2.33. The van der Waals surface area contributed by atoms with Crippen LogP contribution in [0.5, 0.6) is 0 Å². The van der Waals surface area contributed by atoms with Crippen LogP contribution in [0.1, 0.15) is 18.9 Å². The van der Waals surface area contributed by atoms with Crippen LogP contribution in [0.2, 0.25) is 0 Å². The maximum atomic E-state index is 10.9. The molecular weight excluding hydrogens is 216 g/mol. The Kier molecular flexibility index (Phi) is 3.22. The summed E-state index contributed by atoms with van der Waals surface area (Å²) in [6.07, 6.45) is 2.02. The van der Waals surface area contributed by atoms with Gasteiger partial charge >= 0.3 is 5.97 Å². The summed E-state index contributed by atoms with van der Waals surface area (Å²) in [4.78, 5) is 13.0. The molecule has 0 radical (unpaired) electrons. The zero-order valence-corrected chi connectivity index (χ0v) is 10.0. The number of hydrogen-bond acceptors (Lipinski definition) is 3. The third kappa shape index (κ3) is 2.35. The normalized spacial score (nSPS) is 16.4. The van der Waals surface area contributed by atoms with E-state index in [0.717, 1.165) is 36.3 Å². The first-order valence-corrected chi connectivity index (χ1v) is 5.94. The van der Waals surface area contributed by atoms with Gasteiger partial charge in [0.05, 0.1) is 5.92 Å². The molecule has 1 aromatic rings. The lowest BCUT2D eigenvalue weighted by Crippen LogP contribution is -2.35. The van der Waals surface area contributed by atoms with E-state index in [0.29, 0.717) is 6.54 Å². The number of carboxylic acid groups (broad SMARTS) is 1. The minimum atomic E-state index is -0.749. The van der Waals surface area contributed by atoms with Crippen molar-refractivity contribution in [3.8, 4) is 0 Å². The van der Waals surface area contributed by atoms with Crippen molar-refractivity contribution < 1.29 is 9.90 Å². The van der Waals surface area contributed by atoms with Crippen molar-refractivity contribution in [3.63, 3.8) is 0 Å². The van der Waals surface area contributed by atoms with E-state index < -0.39 is 5.97 Å². The largest absolute Gasteiger partial charge is 0.481 e. The molecule has 1 aliphatic heterocycles. The Balaban J connectivity index is 2.23. The van der Waals surface area contributed by atoms with Crippen molar-refractivity contribution >= 4 is 17.3 Å². The number of carboxylic acids is 1. The number of aliphatic carboxylic acids is 1. The highest BCUT2D eigenvalue weighted by Gasteiger charge is 2.22. The van der Waals surface area contributed by atoms with Gasteiger partial charge in [0, 0.05) is 24.5 Å². The van der Waals surface area contributed by atoms with Crippen molar-refractivity contribution in [3.05, 3.63) is 23.8 Å². The van der Waals surface area contributed by atoms with E-state index in [1.807, 2.05) is 18.2 Å². The second-order valence-electron chi connectivity index (χ2n) is 4.63. The van der Waals surface area contributed by atoms with Gasteiger partial charge in [0.15, 0.2) is 0 Å². The molecule has 0 saturated heterocycles. The number of fused-ring (bicyclic) bond motifs is 1. The summed E-state index contributed by atoms with van der Waals surface area (Å²) < 4.78 is 0. The van der Waals surface area contributed by atoms with Gasteiger partial charge < -0.3 is 15.7 Å². The average Bonchev–Trinajstić information content (AvgIpc) is 2.30. The van der Waals surface area contributed by atoms with Crippen LogP contribution in [0.4, 0.5) is 11.4 Å². The van der Waals surface area contributed by atoms with Gasteiger partial charge in [-0.1, -0.05) is 13.0 Å². The number of carbonyl (C=O) groups is 1. The molecule has 1 atom stereocenters. The summed E-state index contributed by atoms with van der Waals surface area (Å²) in [6.45, 7) is 3.20. The molecule has 1 heterocycles. The highest BCUT2D eigenvalue weighted by atomic mass is 16.4. The Hall–Kier alpha value is -1.71. The molecule has 0 aromatic heterocycles.